The number of rotatable bonds is 9. The molecule has 0 spiro atoms. The molecule has 0 saturated carbocycles. The van der Waals surface area contributed by atoms with Gasteiger partial charge in [-0.25, -0.2) is 5.84 Å². The SMILES string of the molecule is COCCN(CCC#N)C(C)CCC(=O)NN. The highest BCUT2D eigenvalue weighted by Gasteiger charge is 2.14. The Hall–Kier alpha value is -1.16. The molecule has 98 valence electrons. The number of nitriles is 1. The van der Waals surface area contributed by atoms with Gasteiger partial charge in [0.1, 0.15) is 0 Å². The molecule has 1 unspecified atom stereocenters. The molecular weight excluding hydrogens is 220 g/mol. The van der Waals surface area contributed by atoms with Crippen molar-refractivity contribution < 1.29 is 9.53 Å². The first-order valence-electron chi connectivity index (χ1n) is 5.75. The second kappa shape index (κ2) is 10.0. The molecular formula is C11H22N4O2. The fourth-order valence-electron chi connectivity index (χ4n) is 1.55. The standard InChI is InChI=1S/C11H22N4O2/c1-10(4-5-11(16)14-13)15(7-3-6-12)8-9-17-2/h10H,3-5,7-9,13H2,1-2H3,(H,14,16). The molecule has 0 rings (SSSR count). The van der Waals surface area contributed by atoms with E-state index in [1.54, 1.807) is 7.11 Å². The van der Waals surface area contributed by atoms with Crippen molar-refractivity contribution in [1.82, 2.24) is 10.3 Å². The van der Waals surface area contributed by atoms with Crippen LogP contribution in [0.1, 0.15) is 26.2 Å². The first-order chi connectivity index (χ1) is 8.15. The van der Waals surface area contributed by atoms with Gasteiger partial charge in [0, 0.05) is 39.1 Å². The number of carbonyl (C=O) groups excluding carboxylic acids is 1. The lowest BCUT2D eigenvalue weighted by Crippen LogP contribution is -2.38. The monoisotopic (exact) mass is 242 g/mol. The number of nitrogens with zero attached hydrogens (tertiary/aromatic N) is 2. The molecule has 3 N–H and O–H groups in total. The zero-order valence-electron chi connectivity index (χ0n) is 10.6. The van der Waals surface area contributed by atoms with Crippen LogP contribution in [0, 0.1) is 11.3 Å². The predicted molar refractivity (Wildman–Crippen MR) is 64.7 cm³/mol. The van der Waals surface area contributed by atoms with E-state index in [1.807, 2.05) is 6.92 Å². The van der Waals surface area contributed by atoms with Crippen molar-refractivity contribution in [2.75, 3.05) is 26.8 Å². The third kappa shape index (κ3) is 7.69. The Morgan fingerprint density at radius 3 is 2.82 bits per heavy atom. The van der Waals surface area contributed by atoms with Crippen LogP contribution in [0.5, 0.6) is 0 Å². The molecule has 0 aromatic heterocycles. The van der Waals surface area contributed by atoms with Crippen molar-refractivity contribution in [2.24, 2.45) is 5.84 Å². The summed E-state index contributed by atoms with van der Waals surface area (Å²) >= 11 is 0. The quantitative estimate of drug-likeness (QED) is 0.337. The molecule has 1 amide bonds. The van der Waals surface area contributed by atoms with E-state index in [-0.39, 0.29) is 11.9 Å². The van der Waals surface area contributed by atoms with Crippen LogP contribution in [0.15, 0.2) is 0 Å². The predicted octanol–water partition coefficient (Wildman–Crippen LogP) is 0.00708. The van der Waals surface area contributed by atoms with E-state index in [0.717, 1.165) is 13.0 Å². The van der Waals surface area contributed by atoms with Crippen molar-refractivity contribution in [3.8, 4) is 6.07 Å². The van der Waals surface area contributed by atoms with Gasteiger partial charge in [0.25, 0.3) is 0 Å². The van der Waals surface area contributed by atoms with E-state index in [4.69, 9.17) is 15.8 Å². The highest BCUT2D eigenvalue weighted by Crippen LogP contribution is 2.07. The molecule has 0 aliphatic carbocycles. The summed E-state index contributed by atoms with van der Waals surface area (Å²) in [6.07, 6.45) is 1.60. The number of hydrazine groups is 1. The molecule has 17 heavy (non-hydrogen) atoms. The lowest BCUT2D eigenvalue weighted by atomic mass is 10.1. The van der Waals surface area contributed by atoms with Crippen LogP contribution in [0.25, 0.3) is 0 Å². The molecule has 0 saturated heterocycles. The molecule has 0 aliphatic heterocycles. The molecule has 0 bridgehead atoms. The summed E-state index contributed by atoms with van der Waals surface area (Å²) in [4.78, 5) is 13.2. The maximum Gasteiger partial charge on any atom is 0.233 e. The Morgan fingerprint density at radius 2 is 2.29 bits per heavy atom. The van der Waals surface area contributed by atoms with Gasteiger partial charge < -0.3 is 4.74 Å². The first kappa shape index (κ1) is 15.8. The lowest BCUT2D eigenvalue weighted by Gasteiger charge is -2.27. The van der Waals surface area contributed by atoms with Gasteiger partial charge in [-0.05, 0) is 13.3 Å². The van der Waals surface area contributed by atoms with Gasteiger partial charge >= 0.3 is 0 Å². The van der Waals surface area contributed by atoms with Crippen molar-refractivity contribution in [1.29, 1.82) is 5.26 Å². The van der Waals surface area contributed by atoms with Gasteiger partial charge in [-0.15, -0.1) is 0 Å². The molecule has 0 heterocycles. The first-order valence-corrected chi connectivity index (χ1v) is 5.75. The van der Waals surface area contributed by atoms with E-state index >= 15 is 0 Å². The van der Waals surface area contributed by atoms with Crippen molar-refractivity contribution in [3.05, 3.63) is 0 Å². The third-order valence-corrected chi connectivity index (χ3v) is 2.67. The van der Waals surface area contributed by atoms with E-state index in [1.165, 1.54) is 0 Å². The molecule has 0 fully saturated rings. The molecule has 0 aliphatic rings. The number of carbonyl (C=O) groups is 1. The molecule has 0 aromatic rings. The van der Waals surface area contributed by atoms with E-state index < -0.39 is 0 Å². The van der Waals surface area contributed by atoms with Gasteiger partial charge in [-0.2, -0.15) is 5.26 Å². The van der Waals surface area contributed by atoms with Crippen LogP contribution in [0.3, 0.4) is 0 Å². The topological polar surface area (TPSA) is 91.4 Å². The number of methoxy groups -OCH3 is 1. The summed E-state index contributed by atoms with van der Waals surface area (Å²) in [6, 6.07) is 2.36. The summed E-state index contributed by atoms with van der Waals surface area (Å²) in [5, 5.41) is 8.59. The van der Waals surface area contributed by atoms with E-state index in [0.29, 0.717) is 26.0 Å². The minimum absolute atomic E-state index is 0.163. The zero-order valence-corrected chi connectivity index (χ0v) is 10.6. The molecule has 1 atom stereocenters. The molecule has 0 radical (unpaired) electrons. The maximum atomic E-state index is 11.0. The van der Waals surface area contributed by atoms with Crippen molar-refractivity contribution >= 4 is 5.91 Å². The second-order valence-corrected chi connectivity index (χ2v) is 3.89. The Bertz CT molecular complexity index is 252. The van der Waals surface area contributed by atoms with Crippen LogP contribution in [0.4, 0.5) is 0 Å². The van der Waals surface area contributed by atoms with Gasteiger partial charge in [0.05, 0.1) is 12.7 Å². The van der Waals surface area contributed by atoms with Gasteiger partial charge in [-0.1, -0.05) is 0 Å². The fourth-order valence-corrected chi connectivity index (χ4v) is 1.55. The van der Waals surface area contributed by atoms with Crippen LogP contribution in [0.2, 0.25) is 0 Å². The number of hydrogen-bond donors (Lipinski definition) is 2. The summed E-state index contributed by atoms with van der Waals surface area (Å²) in [6.45, 7) is 4.13. The normalized spacial score (nSPS) is 12.2. The highest BCUT2D eigenvalue weighted by atomic mass is 16.5. The van der Waals surface area contributed by atoms with Crippen LogP contribution in [-0.2, 0) is 9.53 Å². The minimum Gasteiger partial charge on any atom is -0.383 e. The fraction of sp³-hybridized carbons (Fsp3) is 0.818. The van der Waals surface area contributed by atoms with E-state index in [2.05, 4.69) is 16.4 Å². The number of hydrogen-bond acceptors (Lipinski definition) is 5. The average molecular weight is 242 g/mol. The van der Waals surface area contributed by atoms with Crippen LogP contribution >= 0.6 is 0 Å². The lowest BCUT2D eigenvalue weighted by molar-refractivity contribution is -0.121. The number of ether oxygens (including phenoxy) is 1. The number of nitrogens with two attached hydrogens (primary N) is 1. The second-order valence-electron chi connectivity index (χ2n) is 3.89. The summed E-state index contributed by atoms with van der Waals surface area (Å²) < 4.78 is 5.03. The largest absolute Gasteiger partial charge is 0.383 e. The Morgan fingerprint density at radius 1 is 1.59 bits per heavy atom. The Kier molecular flexibility index (Phi) is 9.34. The van der Waals surface area contributed by atoms with Crippen molar-refractivity contribution in [3.63, 3.8) is 0 Å². The van der Waals surface area contributed by atoms with Gasteiger partial charge in [0.2, 0.25) is 5.91 Å². The van der Waals surface area contributed by atoms with Crippen LogP contribution < -0.4 is 11.3 Å². The van der Waals surface area contributed by atoms with Crippen molar-refractivity contribution in [2.45, 2.75) is 32.2 Å². The Balaban J connectivity index is 4.06. The molecule has 6 nitrogen and oxygen atoms in total. The minimum atomic E-state index is -0.163. The zero-order chi connectivity index (χ0) is 13.1. The average Bonchev–Trinajstić information content (AvgIpc) is 2.35. The highest BCUT2D eigenvalue weighted by molar-refractivity contribution is 5.75. The van der Waals surface area contributed by atoms with E-state index in [9.17, 15) is 4.79 Å². The molecule has 6 heteroatoms. The Labute approximate surface area is 103 Å². The molecule has 0 aromatic carbocycles. The summed E-state index contributed by atoms with van der Waals surface area (Å²) in [5.74, 6) is 4.86. The van der Waals surface area contributed by atoms with Gasteiger partial charge in [-0.3, -0.25) is 15.1 Å². The number of nitrogens with one attached hydrogen (secondary N) is 1. The van der Waals surface area contributed by atoms with Crippen LogP contribution in [-0.4, -0.2) is 43.7 Å². The summed E-state index contributed by atoms with van der Waals surface area (Å²) in [5.41, 5.74) is 2.11. The van der Waals surface area contributed by atoms with Gasteiger partial charge in [0.15, 0.2) is 0 Å². The third-order valence-electron chi connectivity index (χ3n) is 2.67. The smallest absolute Gasteiger partial charge is 0.233 e. The maximum absolute atomic E-state index is 11.0. The summed E-state index contributed by atoms with van der Waals surface area (Å²) in [7, 11) is 1.65. The number of amides is 1.